The van der Waals surface area contributed by atoms with Crippen molar-refractivity contribution in [2.24, 2.45) is 0 Å². The van der Waals surface area contributed by atoms with Crippen LogP contribution in [0.15, 0.2) is 121 Å². The molecule has 19 heteroatoms. The van der Waals surface area contributed by atoms with Gasteiger partial charge in [0.15, 0.2) is 36.9 Å². The van der Waals surface area contributed by atoms with Gasteiger partial charge in [0.1, 0.15) is 55.9 Å². The predicted octanol–water partition coefficient (Wildman–Crippen LogP) is 10.6. The molecule has 0 radical (unpaired) electrons. The molecule has 5 unspecified atom stereocenters. The Bertz CT molecular complexity index is 2570. The van der Waals surface area contributed by atoms with E-state index in [0.717, 1.165) is 44.9 Å². The minimum atomic E-state index is -1.47. The van der Waals surface area contributed by atoms with Gasteiger partial charge in [-0.3, -0.25) is 0 Å². The molecule has 7 rings (SSSR count). The lowest BCUT2D eigenvalue weighted by Gasteiger charge is -2.45. The van der Waals surface area contributed by atoms with Crippen molar-refractivity contribution in [1.29, 1.82) is 0 Å². The summed E-state index contributed by atoms with van der Waals surface area (Å²) in [4.78, 5) is 55.7. The van der Waals surface area contributed by atoms with Crippen molar-refractivity contribution in [3.8, 4) is 0 Å². The van der Waals surface area contributed by atoms with E-state index in [9.17, 15) is 19.2 Å². The number of carbonyl (C=O) groups excluding carboxylic acids is 4. The number of hydrogen-bond acceptors (Lipinski definition) is 19. The Balaban J connectivity index is 1.24. The van der Waals surface area contributed by atoms with Crippen molar-refractivity contribution in [1.82, 2.24) is 0 Å². The van der Waals surface area contributed by atoms with Gasteiger partial charge >= 0.3 is 23.9 Å². The van der Waals surface area contributed by atoms with E-state index in [1.165, 1.54) is 0 Å². The zero-order valence-corrected chi connectivity index (χ0v) is 50.5. The van der Waals surface area contributed by atoms with Crippen LogP contribution in [0.5, 0.6) is 0 Å². The molecule has 0 aliphatic carbocycles. The van der Waals surface area contributed by atoms with Crippen LogP contribution in [0.1, 0.15) is 148 Å². The number of rotatable bonds is 35. The smallest absolute Gasteiger partial charge is 0.338 e. The van der Waals surface area contributed by atoms with Crippen LogP contribution < -0.4 is 0 Å². The summed E-state index contributed by atoms with van der Waals surface area (Å²) in [5.41, 5.74) is 1.08. The molecule has 3 saturated heterocycles. The molecule has 0 saturated carbocycles. The molecule has 14 atom stereocenters. The Morgan fingerprint density at radius 3 is 1.54 bits per heavy atom. The standard InChI is InChI=1S/C66H88O19/c1-9-13-37-71-53-45(6)79-64(57(73-39-15-11-3)55(53)72-38-14-10-2)77-43-52(80-61(69)48-33-25-19-26-34-48)63(74-40-16-12-4)81-50(41-75-59(67)46-29-21-17-22-30-46)44(5)78-65-58(83-62(70)49-35-27-20-28-36-49)56-54(84-66(7,8)85-56)51(82-65)42-76-60(68)47-31-23-18-24-32-47/h17-36,44-45,50-58,63-65H,9-16,37-43H2,1-8H3/t44-,45?,50?,51-,52-,53+,54-,55?,56?,57-,58?,63+,64+,65+/m0/s1. The lowest BCUT2D eigenvalue weighted by atomic mass is 9.98. The van der Waals surface area contributed by atoms with Crippen molar-refractivity contribution >= 4 is 23.9 Å². The number of unbranched alkanes of at least 4 members (excludes halogenated alkanes) is 4. The summed E-state index contributed by atoms with van der Waals surface area (Å²) in [6.45, 7) is 15.6. The fraction of sp³-hybridized carbons (Fsp3) is 0.576. The van der Waals surface area contributed by atoms with Crippen LogP contribution >= 0.6 is 0 Å². The molecule has 3 fully saturated rings. The first kappa shape index (κ1) is 66.8. The molecule has 466 valence electrons. The number of benzene rings is 4. The van der Waals surface area contributed by atoms with Gasteiger partial charge in [-0.25, -0.2) is 19.2 Å². The number of fused-ring (bicyclic) bond motifs is 1. The fourth-order valence-corrected chi connectivity index (χ4v) is 9.87. The Hall–Kier alpha value is -5.68. The molecule has 19 nitrogen and oxygen atoms in total. The minimum absolute atomic E-state index is 0.138. The van der Waals surface area contributed by atoms with E-state index in [1.807, 2.05) is 13.8 Å². The summed E-state index contributed by atoms with van der Waals surface area (Å²) in [7, 11) is 0. The summed E-state index contributed by atoms with van der Waals surface area (Å²) < 4.78 is 97.8. The largest absolute Gasteiger partial charge is 0.459 e. The maximum absolute atomic E-state index is 14.3. The molecular weight excluding hydrogens is 1100 g/mol. The van der Waals surface area contributed by atoms with E-state index >= 15 is 0 Å². The SMILES string of the molecule is CCCCOC1[C@H](OCCCC)C(C)O[C@@H](OC[C@H](OC(=O)c2ccccc2)[C@H](OCCCC)OC(COC(=O)c2ccccc2)[C@H](C)O[C@@H]2O[C@@H](COC(=O)c3ccccc3)[C@@H]3OC(C)(C)OC3C2OC(=O)c2ccccc2)[C@H]1OCCCC. The minimum Gasteiger partial charge on any atom is -0.459 e. The van der Waals surface area contributed by atoms with Gasteiger partial charge in [-0.05, 0) is 102 Å². The van der Waals surface area contributed by atoms with Crippen molar-refractivity contribution in [2.75, 3.05) is 46.2 Å². The zero-order chi connectivity index (χ0) is 60.6. The average molecular weight is 1190 g/mol. The molecule has 0 amide bonds. The number of ether oxygens (including phenoxy) is 15. The lowest BCUT2D eigenvalue weighted by Crippen LogP contribution is -2.61. The van der Waals surface area contributed by atoms with E-state index < -0.39 is 122 Å². The van der Waals surface area contributed by atoms with Crippen LogP contribution in [-0.2, 0) is 71.1 Å². The highest BCUT2D eigenvalue weighted by Gasteiger charge is 2.58. The highest BCUT2D eigenvalue weighted by Crippen LogP contribution is 2.40. The third-order valence-electron chi connectivity index (χ3n) is 14.6. The van der Waals surface area contributed by atoms with Gasteiger partial charge in [0.2, 0.25) is 0 Å². The highest BCUT2D eigenvalue weighted by molar-refractivity contribution is 5.91. The topological polar surface area (TPSA) is 207 Å². The molecule has 0 N–H and O–H groups in total. The van der Waals surface area contributed by atoms with Gasteiger partial charge < -0.3 is 71.1 Å². The molecule has 85 heavy (non-hydrogen) atoms. The van der Waals surface area contributed by atoms with Gasteiger partial charge in [-0.15, -0.1) is 0 Å². The lowest BCUT2D eigenvalue weighted by molar-refractivity contribution is -0.328. The van der Waals surface area contributed by atoms with E-state index in [4.69, 9.17) is 71.1 Å². The first-order valence-corrected chi connectivity index (χ1v) is 30.3. The van der Waals surface area contributed by atoms with Crippen molar-refractivity contribution < 1.29 is 90.2 Å². The quantitative estimate of drug-likeness (QED) is 0.0182. The van der Waals surface area contributed by atoms with Gasteiger partial charge in [0, 0.05) is 26.4 Å². The summed E-state index contributed by atoms with van der Waals surface area (Å²) in [6, 6.07) is 33.8. The molecule has 0 bridgehead atoms. The van der Waals surface area contributed by atoms with Crippen LogP contribution in [0.2, 0.25) is 0 Å². The zero-order valence-electron chi connectivity index (χ0n) is 50.5. The van der Waals surface area contributed by atoms with Crippen molar-refractivity contribution in [2.45, 2.75) is 199 Å². The predicted molar refractivity (Wildman–Crippen MR) is 312 cm³/mol. The number of hydrogen-bond donors (Lipinski definition) is 0. The summed E-state index contributed by atoms with van der Waals surface area (Å²) in [5, 5.41) is 0. The van der Waals surface area contributed by atoms with Crippen molar-refractivity contribution in [3.63, 3.8) is 0 Å². The molecule has 0 aromatic heterocycles. The Labute approximate surface area is 500 Å². The second-order valence-electron chi connectivity index (χ2n) is 21.8. The molecule has 3 aliphatic rings. The van der Waals surface area contributed by atoms with Crippen LogP contribution in [-0.4, -0.2) is 162 Å². The Morgan fingerprint density at radius 1 is 0.506 bits per heavy atom. The van der Waals surface area contributed by atoms with E-state index in [-0.39, 0.29) is 36.5 Å². The van der Waals surface area contributed by atoms with E-state index in [2.05, 4.69) is 20.8 Å². The van der Waals surface area contributed by atoms with Crippen LogP contribution in [0.4, 0.5) is 0 Å². The van der Waals surface area contributed by atoms with E-state index in [0.29, 0.717) is 31.8 Å². The van der Waals surface area contributed by atoms with Gasteiger partial charge in [-0.1, -0.05) is 126 Å². The average Bonchev–Trinajstić information content (AvgIpc) is 2.57. The third-order valence-corrected chi connectivity index (χ3v) is 14.6. The van der Waals surface area contributed by atoms with Gasteiger partial charge in [-0.2, -0.15) is 0 Å². The highest BCUT2D eigenvalue weighted by atomic mass is 16.8. The maximum atomic E-state index is 14.3. The molecule has 4 aromatic carbocycles. The van der Waals surface area contributed by atoms with E-state index in [1.54, 1.807) is 142 Å². The molecule has 0 spiro atoms. The van der Waals surface area contributed by atoms with Gasteiger partial charge in [0.05, 0.1) is 41.1 Å². The Morgan fingerprint density at radius 2 is 0.988 bits per heavy atom. The number of carbonyl (C=O) groups is 4. The van der Waals surface area contributed by atoms with Crippen LogP contribution in [0, 0.1) is 0 Å². The summed E-state index contributed by atoms with van der Waals surface area (Å²) in [5.74, 6) is -3.91. The monoisotopic (exact) mass is 1180 g/mol. The van der Waals surface area contributed by atoms with Crippen LogP contribution in [0.3, 0.4) is 0 Å². The second-order valence-corrected chi connectivity index (χ2v) is 21.8. The summed E-state index contributed by atoms with van der Waals surface area (Å²) in [6.07, 6.45) is -7.83. The third kappa shape index (κ3) is 19.9. The first-order valence-electron chi connectivity index (χ1n) is 30.3. The number of esters is 4. The first-order chi connectivity index (χ1) is 41.2. The van der Waals surface area contributed by atoms with Crippen molar-refractivity contribution in [3.05, 3.63) is 144 Å². The fourth-order valence-electron chi connectivity index (χ4n) is 9.87. The van der Waals surface area contributed by atoms with Crippen LogP contribution in [0.25, 0.3) is 0 Å². The molecule has 3 heterocycles. The molecule has 4 aromatic rings. The molecular formula is C66H88O19. The van der Waals surface area contributed by atoms with Gasteiger partial charge in [0.25, 0.3) is 0 Å². The molecule has 3 aliphatic heterocycles. The summed E-state index contributed by atoms with van der Waals surface area (Å²) >= 11 is 0. The normalized spacial score (nSPS) is 24.9. The Kier molecular flexibility index (Phi) is 27.2. The second kappa shape index (κ2) is 34.6. The maximum Gasteiger partial charge on any atom is 0.338 e.